The third-order valence-corrected chi connectivity index (χ3v) is 3.89. The van der Waals surface area contributed by atoms with Gasteiger partial charge in [-0.15, -0.1) is 0 Å². The van der Waals surface area contributed by atoms with Crippen molar-refractivity contribution in [1.29, 1.82) is 0 Å². The van der Waals surface area contributed by atoms with E-state index in [1.165, 1.54) is 0 Å². The van der Waals surface area contributed by atoms with Gasteiger partial charge in [0.25, 0.3) is 0 Å². The number of nitrogens with zero attached hydrogens (tertiary/aromatic N) is 1. The number of amides is 1. The van der Waals surface area contributed by atoms with Crippen LogP contribution in [0.5, 0.6) is 0 Å². The van der Waals surface area contributed by atoms with Crippen molar-refractivity contribution < 1.29 is 9.53 Å². The molecule has 2 heterocycles. The minimum absolute atomic E-state index is 0.0861. The molecular weight excluding hydrogens is 230 g/mol. The lowest BCUT2D eigenvalue weighted by molar-refractivity contribution is -0.127. The molecule has 0 bridgehead atoms. The van der Waals surface area contributed by atoms with Crippen LogP contribution >= 0.6 is 0 Å². The van der Waals surface area contributed by atoms with Gasteiger partial charge < -0.3 is 15.8 Å². The number of nitrogens with two attached hydrogens (primary N) is 1. The number of carbonyl (C=O) groups is 1. The maximum atomic E-state index is 12.0. The predicted octanol–water partition coefficient (Wildman–Crippen LogP) is 0.0948. The van der Waals surface area contributed by atoms with E-state index in [4.69, 9.17) is 10.5 Å². The topological polar surface area (TPSA) is 67.6 Å². The summed E-state index contributed by atoms with van der Waals surface area (Å²) in [5.74, 6) is 0.217. The van der Waals surface area contributed by atoms with Crippen LogP contribution in [0.2, 0.25) is 0 Å². The number of piperidine rings is 1. The lowest BCUT2D eigenvalue weighted by Crippen LogP contribution is -2.50. The number of ether oxygens (including phenoxy) is 1. The first-order valence-electron chi connectivity index (χ1n) is 7.14. The second-order valence-electron chi connectivity index (χ2n) is 5.20. The molecule has 0 spiro atoms. The highest BCUT2D eigenvalue weighted by Crippen LogP contribution is 2.20. The molecule has 1 atom stereocenters. The molecule has 0 aromatic carbocycles. The van der Waals surface area contributed by atoms with Gasteiger partial charge in [-0.25, -0.2) is 0 Å². The number of likely N-dealkylation sites (tertiary alicyclic amines) is 1. The van der Waals surface area contributed by atoms with Gasteiger partial charge in [-0.2, -0.15) is 0 Å². The van der Waals surface area contributed by atoms with Crippen molar-refractivity contribution in [2.45, 2.75) is 44.2 Å². The average molecular weight is 255 g/mol. The lowest BCUT2D eigenvalue weighted by Gasteiger charge is -2.36. The second-order valence-corrected chi connectivity index (χ2v) is 5.20. The van der Waals surface area contributed by atoms with Crippen LogP contribution in [0, 0.1) is 0 Å². The molecule has 2 rings (SSSR count). The zero-order valence-electron chi connectivity index (χ0n) is 11.1. The van der Waals surface area contributed by atoms with Crippen molar-refractivity contribution in [2.75, 3.05) is 32.8 Å². The zero-order chi connectivity index (χ0) is 12.8. The summed E-state index contributed by atoms with van der Waals surface area (Å²) in [5.41, 5.74) is 5.44. The van der Waals surface area contributed by atoms with Crippen LogP contribution in [0.1, 0.15) is 32.1 Å². The van der Waals surface area contributed by atoms with Gasteiger partial charge in [0, 0.05) is 26.2 Å². The van der Waals surface area contributed by atoms with Gasteiger partial charge in [0.1, 0.15) is 0 Å². The van der Waals surface area contributed by atoms with E-state index in [0.29, 0.717) is 19.3 Å². The molecule has 0 saturated carbocycles. The molecule has 104 valence electrons. The first-order valence-corrected chi connectivity index (χ1v) is 7.14. The smallest absolute Gasteiger partial charge is 0.237 e. The van der Waals surface area contributed by atoms with E-state index < -0.39 is 0 Å². The van der Waals surface area contributed by atoms with Gasteiger partial charge in [0.05, 0.1) is 18.8 Å². The molecule has 0 aromatic rings. The van der Waals surface area contributed by atoms with Crippen molar-refractivity contribution >= 4 is 5.91 Å². The van der Waals surface area contributed by atoms with Crippen molar-refractivity contribution in [1.82, 2.24) is 10.2 Å². The molecule has 2 fully saturated rings. The Morgan fingerprint density at radius 2 is 2.06 bits per heavy atom. The summed E-state index contributed by atoms with van der Waals surface area (Å²) in [6.45, 7) is 4.01. The fourth-order valence-electron chi connectivity index (χ4n) is 2.86. The maximum absolute atomic E-state index is 12.0. The summed E-state index contributed by atoms with van der Waals surface area (Å²) in [6, 6.07) is 0.0861. The SMILES string of the molecule is NCCOC1CCN(C2CCCCNC2=O)CC1. The molecule has 1 amide bonds. The fourth-order valence-corrected chi connectivity index (χ4v) is 2.86. The highest BCUT2D eigenvalue weighted by Gasteiger charge is 2.30. The van der Waals surface area contributed by atoms with Gasteiger partial charge in [0.15, 0.2) is 0 Å². The summed E-state index contributed by atoms with van der Waals surface area (Å²) in [5, 5.41) is 3.01. The maximum Gasteiger partial charge on any atom is 0.237 e. The van der Waals surface area contributed by atoms with Crippen molar-refractivity contribution in [3.8, 4) is 0 Å². The molecule has 0 aromatic heterocycles. The largest absolute Gasteiger partial charge is 0.377 e. The molecular formula is C13H25N3O2. The van der Waals surface area contributed by atoms with E-state index in [2.05, 4.69) is 10.2 Å². The third kappa shape index (κ3) is 3.67. The molecule has 0 aliphatic carbocycles. The number of hydrogen-bond acceptors (Lipinski definition) is 4. The first kappa shape index (κ1) is 13.8. The molecule has 5 nitrogen and oxygen atoms in total. The predicted molar refractivity (Wildman–Crippen MR) is 70.3 cm³/mol. The van der Waals surface area contributed by atoms with Crippen LogP contribution in [-0.4, -0.2) is 55.7 Å². The Balaban J connectivity index is 1.79. The fraction of sp³-hybridized carbons (Fsp3) is 0.923. The monoisotopic (exact) mass is 255 g/mol. The Labute approximate surface area is 109 Å². The molecule has 2 aliphatic rings. The van der Waals surface area contributed by atoms with Gasteiger partial charge >= 0.3 is 0 Å². The summed E-state index contributed by atoms with van der Waals surface area (Å²) in [7, 11) is 0. The second kappa shape index (κ2) is 7.07. The molecule has 1 unspecified atom stereocenters. The van der Waals surface area contributed by atoms with E-state index in [1.807, 2.05) is 0 Å². The van der Waals surface area contributed by atoms with Crippen LogP contribution in [0.4, 0.5) is 0 Å². The summed E-state index contributed by atoms with van der Waals surface area (Å²) >= 11 is 0. The van der Waals surface area contributed by atoms with E-state index in [-0.39, 0.29) is 11.9 Å². The summed E-state index contributed by atoms with van der Waals surface area (Å²) in [4.78, 5) is 14.3. The van der Waals surface area contributed by atoms with Gasteiger partial charge in [-0.05, 0) is 32.1 Å². The molecule has 2 aliphatic heterocycles. The van der Waals surface area contributed by atoms with E-state index in [0.717, 1.165) is 51.7 Å². The van der Waals surface area contributed by atoms with E-state index in [1.54, 1.807) is 0 Å². The zero-order valence-corrected chi connectivity index (χ0v) is 11.1. The highest BCUT2D eigenvalue weighted by molar-refractivity contribution is 5.81. The van der Waals surface area contributed by atoms with Crippen molar-refractivity contribution in [3.05, 3.63) is 0 Å². The van der Waals surface area contributed by atoms with Crippen LogP contribution in [0.3, 0.4) is 0 Å². The van der Waals surface area contributed by atoms with Crippen molar-refractivity contribution in [3.63, 3.8) is 0 Å². The Hall–Kier alpha value is -0.650. The molecule has 0 radical (unpaired) electrons. The van der Waals surface area contributed by atoms with Gasteiger partial charge in [-0.3, -0.25) is 9.69 Å². The Morgan fingerprint density at radius 1 is 1.28 bits per heavy atom. The standard InChI is InChI=1S/C13H25N3O2/c14-6-10-18-11-4-8-16(9-5-11)12-3-1-2-7-15-13(12)17/h11-12H,1-10,14H2,(H,15,17). The van der Waals surface area contributed by atoms with Crippen LogP contribution in [0.25, 0.3) is 0 Å². The molecule has 18 heavy (non-hydrogen) atoms. The quantitative estimate of drug-likeness (QED) is 0.747. The lowest BCUT2D eigenvalue weighted by atomic mass is 10.0. The molecule has 3 N–H and O–H groups in total. The number of nitrogens with one attached hydrogen (secondary N) is 1. The normalized spacial score (nSPS) is 27.8. The Kier molecular flexibility index (Phi) is 5.41. The first-order chi connectivity index (χ1) is 8.81. The summed E-state index contributed by atoms with van der Waals surface area (Å²) in [6.07, 6.45) is 5.62. The van der Waals surface area contributed by atoms with E-state index in [9.17, 15) is 4.79 Å². The van der Waals surface area contributed by atoms with Crippen LogP contribution in [0.15, 0.2) is 0 Å². The number of rotatable bonds is 4. The Morgan fingerprint density at radius 3 is 2.78 bits per heavy atom. The average Bonchev–Trinajstić information content (AvgIpc) is 2.62. The molecule has 5 heteroatoms. The van der Waals surface area contributed by atoms with Gasteiger partial charge in [0.2, 0.25) is 5.91 Å². The number of carbonyl (C=O) groups excluding carboxylic acids is 1. The summed E-state index contributed by atoms with van der Waals surface area (Å²) < 4.78 is 5.67. The minimum atomic E-state index is 0.0861. The van der Waals surface area contributed by atoms with E-state index >= 15 is 0 Å². The highest BCUT2D eigenvalue weighted by atomic mass is 16.5. The molecule has 2 saturated heterocycles. The number of hydrogen-bond donors (Lipinski definition) is 2. The van der Waals surface area contributed by atoms with Crippen LogP contribution < -0.4 is 11.1 Å². The van der Waals surface area contributed by atoms with Gasteiger partial charge in [-0.1, -0.05) is 0 Å². The third-order valence-electron chi connectivity index (χ3n) is 3.89. The minimum Gasteiger partial charge on any atom is -0.377 e. The Bertz CT molecular complexity index is 265. The van der Waals surface area contributed by atoms with Crippen LogP contribution in [-0.2, 0) is 9.53 Å². The van der Waals surface area contributed by atoms with Crippen molar-refractivity contribution in [2.24, 2.45) is 5.73 Å².